The van der Waals surface area contributed by atoms with E-state index in [4.69, 9.17) is 9.88 Å². The van der Waals surface area contributed by atoms with Gasteiger partial charge in [-0.1, -0.05) is 0 Å². The zero-order valence-corrected chi connectivity index (χ0v) is 18.5. The fourth-order valence-corrected chi connectivity index (χ4v) is 4.10. The molecule has 0 aliphatic heterocycles. The number of carbonyl (C=O) groups excluding carboxylic acids is 1. The Labute approximate surface area is 189 Å². The third-order valence-corrected chi connectivity index (χ3v) is 6.12. The van der Waals surface area contributed by atoms with Crippen molar-refractivity contribution in [3.63, 3.8) is 0 Å². The Balaban J connectivity index is 1.54. The lowest BCUT2D eigenvalue weighted by Gasteiger charge is -2.17. The lowest BCUT2D eigenvalue weighted by Crippen LogP contribution is -2.36. The van der Waals surface area contributed by atoms with Gasteiger partial charge in [0.2, 0.25) is 22.4 Å². The minimum atomic E-state index is -4.02. The second-order valence-electron chi connectivity index (χ2n) is 7.86. The number of benzene rings is 1. The second kappa shape index (κ2) is 10.3. The van der Waals surface area contributed by atoms with Gasteiger partial charge in [-0.05, 0) is 55.9 Å². The summed E-state index contributed by atoms with van der Waals surface area (Å²) < 4.78 is 66.8. The van der Waals surface area contributed by atoms with Gasteiger partial charge < -0.3 is 15.4 Å². The number of nitrogens with one attached hydrogen (secondary N) is 2. The van der Waals surface area contributed by atoms with Crippen molar-refractivity contribution in [1.29, 1.82) is 0 Å². The van der Waals surface area contributed by atoms with E-state index in [-0.39, 0.29) is 28.6 Å². The maximum Gasteiger partial charge on any atom is 0.407 e. The first kappa shape index (κ1) is 24.7. The third-order valence-electron chi connectivity index (χ3n) is 5.21. The van der Waals surface area contributed by atoms with Crippen molar-refractivity contribution >= 4 is 27.8 Å². The number of rotatable bonds is 8. The molecular formula is C20H24F3N5O4S. The minimum Gasteiger partial charge on any atom is -0.446 e. The highest BCUT2D eigenvalue weighted by molar-refractivity contribution is 7.89. The van der Waals surface area contributed by atoms with Crippen molar-refractivity contribution in [1.82, 2.24) is 15.3 Å². The fourth-order valence-electron chi connectivity index (χ4n) is 3.57. The summed E-state index contributed by atoms with van der Waals surface area (Å²) in [5.74, 6) is -0.675. The lowest BCUT2D eigenvalue weighted by molar-refractivity contribution is 0.0895. The number of alkyl carbamates (subject to hydrolysis) is 1. The van der Waals surface area contributed by atoms with E-state index >= 15 is 0 Å². The molecule has 0 spiro atoms. The molecule has 0 unspecified atom stereocenters. The standard InChI is InChI=1S/C20H24F3N5O4S/c1-11(6-18(22)23)27-20(29)32-14-3-2-12(7-14)13-9-25-19(26-10-13)28-17-5-4-15(8-16(17)21)33(24,30)31/h4-5,8-12,14,18H,2-3,6-7H2,1H3,(H,27,29)(H2,24,30,31)(H,25,26,28)/t11-,12-,14+/m1/s1. The van der Waals surface area contributed by atoms with Crippen LogP contribution in [-0.2, 0) is 14.8 Å². The van der Waals surface area contributed by atoms with E-state index in [0.29, 0.717) is 12.8 Å². The number of ether oxygens (including phenoxy) is 1. The monoisotopic (exact) mass is 487 g/mol. The molecule has 0 bridgehead atoms. The summed E-state index contributed by atoms with van der Waals surface area (Å²) in [5, 5.41) is 10.0. The zero-order valence-electron chi connectivity index (χ0n) is 17.7. The van der Waals surface area contributed by atoms with E-state index in [0.717, 1.165) is 24.1 Å². The average Bonchev–Trinajstić information content (AvgIpc) is 3.16. The normalized spacial score (nSPS) is 19.3. The Morgan fingerprint density at radius 2 is 1.97 bits per heavy atom. The van der Waals surface area contributed by atoms with Crippen LogP contribution in [0.15, 0.2) is 35.5 Å². The van der Waals surface area contributed by atoms with Crippen molar-refractivity contribution in [2.75, 3.05) is 5.32 Å². The summed E-state index contributed by atoms with van der Waals surface area (Å²) in [5.41, 5.74) is 0.791. The summed E-state index contributed by atoms with van der Waals surface area (Å²) in [7, 11) is -4.02. The molecule has 1 aliphatic rings. The molecule has 3 rings (SSSR count). The van der Waals surface area contributed by atoms with Crippen LogP contribution in [0.5, 0.6) is 0 Å². The molecule has 2 aromatic rings. The largest absolute Gasteiger partial charge is 0.446 e. The van der Waals surface area contributed by atoms with E-state index < -0.39 is 40.8 Å². The molecule has 1 saturated carbocycles. The van der Waals surface area contributed by atoms with Crippen LogP contribution in [0.4, 0.5) is 29.6 Å². The van der Waals surface area contributed by atoms with Gasteiger partial charge in [0.25, 0.3) is 0 Å². The van der Waals surface area contributed by atoms with Crippen LogP contribution in [0.25, 0.3) is 0 Å². The van der Waals surface area contributed by atoms with Crippen molar-refractivity contribution in [2.45, 2.75) is 62.0 Å². The van der Waals surface area contributed by atoms with Crippen LogP contribution in [0.2, 0.25) is 0 Å². The minimum absolute atomic E-state index is 0.0171. The number of nitrogens with zero attached hydrogens (tertiary/aromatic N) is 2. The second-order valence-corrected chi connectivity index (χ2v) is 9.42. The number of hydrogen-bond donors (Lipinski definition) is 3. The SMILES string of the molecule is C[C@H](CC(F)F)NC(=O)O[C@H]1CC[C@@H](c2cnc(Nc3ccc(S(N)(=O)=O)cc3F)nc2)C1. The zero-order chi connectivity index (χ0) is 24.2. The number of alkyl halides is 2. The Morgan fingerprint density at radius 1 is 1.27 bits per heavy atom. The lowest BCUT2D eigenvalue weighted by atomic mass is 10.0. The molecule has 9 nitrogen and oxygen atoms in total. The topological polar surface area (TPSA) is 136 Å². The first-order valence-electron chi connectivity index (χ1n) is 10.2. The number of sulfonamides is 1. The summed E-state index contributed by atoms with van der Waals surface area (Å²) in [6.07, 6.45) is 1.00. The highest BCUT2D eigenvalue weighted by Gasteiger charge is 2.29. The molecule has 3 atom stereocenters. The molecule has 0 radical (unpaired) electrons. The van der Waals surface area contributed by atoms with Gasteiger partial charge in [-0.3, -0.25) is 0 Å². The molecule has 0 saturated heterocycles. The Morgan fingerprint density at radius 3 is 2.58 bits per heavy atom. The summed E-state index contributed by atoms with van der Waals surface area (Å²) in [4.78, 5) is 19.8. The molecule has 1 fully saturated rings. The molecule has 180 valence electrons. The Kier molecular flexibility index (Phi) is 7.74. The predicted octanol–water partition coefficient (Wildman–Crippen LogP) is 3.41. The van der Waals surface area contributed by atoms with Crippen LogP contribution in [0.3, 0.4) is 0 Å². The van der Waals surface area contributed by atoms with Crippen LogP contribution in [0, 0.1) is 5.82 Å². The van der Waals surface area contributed by atoms with Crippen molar-refractivity contribution < 1.29 is 31.1 Å². The van der Waals surface area contributed by atoms with E-state index in [1.807, 2.05) is 0 Å². The number of anilines is 2. The summed E-state index contributed by atoms with van der Waals surface area (Å²) >= 11 is 0. The van der Waals surface area contributed by atoms with Gasteiger partial charge in [0, 0.05) is 24.9 Å². The molecule has 1 heterocycles. The van der Waals surface area contributed by atoms with Gasteiger partial charge in [0.05, 0.1) is 10.6 Å². The summed E-state index contributed by atoms with van der Waals surface area (Å²) in [6.45, 7) is 1.48. The average molecular weight is 488 g/mol. The number of amides is 1. The van der Waals surface area contributed by atoms with Crippen LogP contribution < -0.4 is 15.8 Å². The maximum atomic E-state index is 14.2. The van der Waals surface area contributed by atoms with Gasteiger partial charge in [0.1, 0.15) is 11.9 Å². The molecular weight excluding hydrogens is 463 g/mol. The predicted molar refractivity (Wildman–Crippen MR) is 113 cm³/mol. The highest BCUT2D eigenvalue weighted by atomic mass is 32.2. The summed E-state index contributed by atoms with van der Waals surface area (Å²) in [6, 6.07) is 2.50. The van der Waals surface area contributed by atoms with E-state index in [9.17, 15) is 26.4 Å². The number of primary sulfonamides is 1. The van der Waals surface area contributed by atoms with Crippen LogP contribution in [-0.4, -0.2) is 43.1 Å². The highest BCUT2D eigenvalue weighted by Crippen LogP contribution is 2.35. The third kappa shape index (κ3) is 7.02. The number of nitrogens with two attached hydrogens (primary N) is 1. The molecule has 1 aliphatic carbocycles. The fraction of sp³-hybridized carbons (Fsp3) is 0.450. The van der Waals surface area contributed by atoms with Gasteiger partial charge in [-0.15, -0.1) is 0 Å². The smallest absolute Gasteiger partial charge is 0.407 e. The van der Waals surface area contributed by atoms with Crippen LogP contribution >= 0.6 is 0 Å². The quantitative estimate of drug-likeness (QED) is 0.519. The number of halogens is 3. The number of carbonyl (C=O) groups is 1. The molecule has 1 aromatic heterocycles. The van der Waals surface area contributed by atoms with Crippen molar-refractivity contribution in [2.24, 2.45) is 5.14 Å². The Hall–Kier alpha value is -2.93. The van der Waals surface area contributed by atoms with Crippen molar-refractivity contribution in [3.8, 4) is 0 Å². The van der Waals surface area contributed by atoms with E-state index in [1.165, 1.54) is 13.0 Å². The molecule has 13 heteroatoms. The molecule has 4 N–H and O–H groups in total. The first-order chi connectivity index (χ1) is 15.5. The van der Waals surface area contributed by atoms with Gasteiger partial charge in [-0.2, -0.15) is 0 Å². The van der Waals surface area contributed by atoms with E-state index in [2.05, 4.69) is 20.6 Å². The maximum absolute atomic E-state index is 14.2. The van der Waals surface area contributed by atoms with Gasteiger partial charge >= 0.3 is 6.09 Å². The van der Waals surface area contributed by atoms with Gasteiger partial charge in [-0.25, -0.2) is 41.5 Å². The van der Waals surface area contributed by atoms with Crippen LogP contribution in [0.1, 0.15) is 44.1 Å². The Bertz CT molecular complexity index is 1090. The number of aromatic nitrogens is 2. The first-order valence-corrected chi connectivity index (χ1v) is 11.7. The number of hydrogen-bond acceptors (Lipinski definition) is 7. The molecule has 1 amide bonds. The van der Waals surface area contributed by atoms with E-state index in [1.54, 1.807) is 12.4 Å². The molecule has 33 heavy (non-hydrogen) atoms. The molecule has 1 aromatic carbocycles. The van der Waals surface area contributed by atoms with Crippen molar-refractivity contribution in [3.05, 3.63) is 42.0 Å². The van der Waals surface area contributed by atoms with Gasteiger partial charge in [0.15, 0.2) is 0 Å².